The van der Waals surface area contributed by atoms with Gasteiger partial charge in [-0.1, -0.05) is 6.92 Å². The zero-order valence-corrected chi connectivity index (χ0v) is 10.1. The first-order valence-electron chi connectivity index (χ1n) is 5.44. The number of methoxy groups -OCH3 is 1. The van der Waals surface area contributed by atoms with E-state index >= 15 is 0 Å². The molecule has 1 heterocycles. The highest BCUT2D eigenvalue weighted by molar-refractivity contribution is 5.47. The van der Waals surface area contributed by atoms with Gasteiger partial charge in [-0.05, 0) is 6.42 Å². The summed E-state index contributed by atoms with van der Waals surface area (Å²) in [6, 6.07) is 1.64. The van der Waals surface area contributed by atoms with Crippen LogP contribution in [0.1, 0.15) is 19.2 Å². The summed E-state index contributed by atoms with van der Waals surface area (Å²) in [6.45, 7) is 2.33. The standard InChI is InChI=1S/C10H19N5O2/c1-3-7(5-16)12-8-4-9(15-11)14-10(13-8)6-17-2/h4,7,16H,3,5-6,11H2,1-2H3,(H2,12,13,14,15). The maximum Gasteiger partial charge on any atom is 0.158 e. The quantitative estimate of drug-likeness (QED) is 0.396. The van der Waals surface area contributed by atoms with Gasteiger partial charge in [0.2, 0.25) is 0 Å². The number of nitrogens with two attached hydrogens (primary N) is 1. The van der Waals surface area contributed by atoms with Gasteiger partial charge in [-0.15, -0.1) is 0 Å². The predicted molar refractivity (Wildman–Crippen MR) is 65.3 cm³/mol. The third-order valence-electron chi connectivity index (χ3n) is 2.26. The predicted octanol–water partition coefficient (Wildman–Crippen LogP) is 0.0914. The fourth-order valence-corrected chi connectivity index (χ4v) is 1.32. The van der Waals surface area contributed by atoms with Gasteiger partial charge in [-0.25, -0.2) is 15.8 Å². The van der Waals surface area contributed by atoms with E-state index in [9.17, 15) is 0 Å². The van der Waals surface area contributed by atoms with Crippen LogP contribution in [0.15, 0.2) is 6.07 Å². The van der Waals surface area contributed by atoms with Gasteiger partial charge in [0.05, 0.1) is 12.6 Å². The van der Waals surface area contributed by atoms with Crippen LogP contribution in [-0.4, -0.2) is 34.8 Å². The van der Waals surface area contributed by atoms with Crippen LogP contribution in [-0.2, 0) is 11.3 Å². The Hall–Kier alpha value is -1.44. The molecule has 1 rings (SSSR count). The molecule has 0 aliphatic carbocycles. The number of nitrogen functional groups attached to an aromatic ring is 1. The van der Waals surface area contributed by atoms with Crippen molar-refractivity contribution in [1.82, 2.24) is 9.97 Å². The highest BCUT2D eigenvalue weighted by atomic mass is 16.5. The molecule has 0 spiro atoms. The first-order valence-corrected chi connectivity index (χ1v) is 5.44. The molecule has 0 aliphatic heterocycles. The Kier molecular flexibility index (Phi) is 5.61. The highest BCUT2D eigenvalue weighted by Gasteiger charge is 2.08. The third-order valence-corrected chi connectivity index (χ3v) is 2.26. The van der Waals surface area contributed by atoms with Crippen LogP contribution in [0, 0.1) is 0 Å². The Labute approximate surface area is 100 Å². The second-order valence-corrected chi connectivity index (χ2v) is 3.56. The van der Waals surface area contributed by atoms with E-state index in [0.717, 1.165) is 6.42 Å². The Morgan fingerprint density at radius 2 is 2.18 bits per heavy atom. The van der Waals surface area contributed by atoms with E-state index in [2.05, 4.69) is 20.7 Å². The van der Waals surface area contributed by atoms with E-state index in [1.165, 1.54) is 0 Å². The van der Waals surface area contributed by atoms with E-state index in [0.29, 0.717) is 24.1 Å². The fraction of sp³-hybridized carbons (Fsp3) is 0.600. The van der Waals surface area contributed by atoms with Gasteiger partial charge in [-0.2, -0.15) is 0 Å². The number of nitrogens with one attached hydrogen (secondary N) is 2. The van der Waals surface area contributed by atoms with Crippen molar-refractivity contribution in [1.29, 1.82) is 0 Å². The number of hydrogen-bond donors (Lipinski definition) is 4. The fourth-order valence-electron chi connectivity index (χ4n) is 1.32. The Bertz CT molecular complexity index is 343. The SMILES string of the molecule is CCC(CO)Nc1cc(NN)nc(COC)n1. The number of nitrogens with zero attached hydrogens (tertiary/aromatic N) is 2. The number of rotatable bonds is 7. The van der Waals surface area contributed by atoms with Crippen molar-refractivity contribution < 1.29 is 9.84 Å². The van der Waals surface area contributed by atoms with E-state index in [-0.39, 0.29) is 12.6 Å². The van der Waals surface area contributed by atoms with Gasteiger partial charge in [0.25, 0.3) is 0 Å². The number of anilines is 2. The van der Waals surface area contributed by atoms with Crippen LogP contribution in [0.5, 0.6) is 0 Å². The monoisotopic (exact) mass is 241 g/mol. The summed E-state index contributed by atoms with van der Waals surface area (Å²) < 4.78 is 4.97. The van der Waals surface area contributed by atoms with Crippen LogP contribution in [0.25, 0.3) is 0 Å². The molecule has 0 bridgehead atoms. The lowest BCUT2D eigenvalue weighted by molar-refractivity contribution is 0.178. The van der Waals surface area contributed by atoms with Gasteiger partial charge in [-0.3, -0.25) is 0 Å². The normalized spacial score (nSPS) is 12.2. The first kappa shape index (κ1) is 13.6. The number of hydrogen-bond acceptors (Lipinski definition) is 7. The van der Waals surface area contributed by atoms with Crippen LogP contribution in [0.4, 0.5) is 11.6 Å². The minimum atomic E-state index is -0.0362. The molecule has 1 unspecified atom stereocenters. The summed E-state index contributed by atoms with van der Waals surface area (Å²) >= 11 is 0. The molecule has 1 aromatic heterocycles. The molecule has 1 aromatic rings. The van der Waals surface area contributed by atoms with Crippen LogP contribution < -0.4 is 16.6 Å². The minimum Gasteiger partial charge on any atom is -0.394 e. The number of aromatic nitrogens is 2. The van der Waals surface area contributed by atoms with Crippen LogP contribution >= 0.6 is 0 Å². The summed E-state index contributed by atoms with van der Waals surface area (Å²) in [6.07, 6.45) is 0.797. The molecule has 1 atom stereocenters. The minimum absolute atomic E-state index is 0.0362. The largest absolute Gasteiger partial charge is 0.394 e. The third kappa shape index (κ3) is 4.14. The van der Waals surface area contributed by atoms with Crippen molar-refractivity contribution in [2.24, 2.45) is 5.84 Å². The van der Waals surface area contributed by atoms with Gasteiger partial charge in [0.1, 0.15) is 18.2 Å². The summed E-state index contributed by atoms with van der Waals surface area (Å²) in [5, 5.41) is 12.2. The molecule has 0 saturated heterocycles. The summed E-state index contributed by atoms with van der Waals surface area (Å²) in [5.74, 6) is 6.96. The maximum absolute atomic E-state index is 9.12. The van der Waals surface area contributed by atoms with Crippen molar-refractivity contribution in [3.63, 3.8) is 0 Å². The van der Waals surface area contributed by atoms with E-state index in [4.69, 9.17) is 15.7 Å². The van der Waals surface area contributed by atoms with Crippen molar-refractivity contribution in [2.75, 3.05) is 24.5 Å². The molecule has 5 N–H and O–H groups in total. The zero-order chi connectivity index (χ0) is 12.7. The lowest BCUT2D eigenvalue weighted by atomic mass is 10.2. The van der Waals surface area contributed by atoms with Crippen LogP contribution in [0.3, 0.4) is 0 Å². The molecule has 7 nitrogen and oxygen atoms in total. The molecule has 0 amide bonds. The topological polar surface area (TPSA) is 105 Å². The van der Waals surface area contributed by atoms with E-state index in [1.807, 2.05) is 6.92 Å². The molecule has 96 valence electrons. The lowest BCUT2D eigenvalue weighted by Crippen LogP contribution is -2.24. The highest BCUT2D eigenvalue weighted by Crippen LogP contribution is 2.12. The molecular formula is C10H19N5O2. The van der Waals surface area contributed by atoms with Crippen molar-refractivity contribution in [3.05, 3.63) is 11.9 Å². The van der Waals surface area contributed by atoms with Crippen LogP contribution in [0.2, 0.25) is 0 Å². The molecule has 17 heavy (non-hydrogen) atoms. The molecular weight excluding hydrogens is 222 g/mol. The van der Waals surface area contributed by atoms with Gasteiger partial charge in [0, 0.05) is 13.2 Å². The summed E-state index contributed by atoms with van der Waals surface area (Å²) in [4.78, 5) is 8.38. The lowest BCUT2D eigenvalue weighted by Gasteiger charge is -2.15. The first-order chi connectivity index (χ1) is 8.23. The molecule has 0 aromatic carbocycles. The molecule has 0 fully saturated rings. The molecule has 7 heteroatoms. The number of aliphatic hydroxyl groups is 1. The Morgan fingerprint density at radius 1 is 1.47 bits per heavy atom. The van der Waals surface area contributed by atoms with Gasteiger partial charge >= 0.3 is 0 Å². The zero-order valence-electron chi connectivity index (χ0n) is 10.1. The average Bonchev–Trinajstić information content (AvgIpc) is 2.36. The molecule has 0 saturated carbocycles. The van der Waals surface area contributed by atoms with Gasteiger partial charge in [0.15, 0.2) is 5.82 Å². The van der Waals surface area contributed by atoms with Crippen molar-refractivity contribution in [2.45, 2.75) is 26.0 Å². The number of hydrazine groups is 1. The summed E-state index contributed by atoms with van der Waals surface area (Å²) in [5.41, 5.74) is 2.47. The second-order valence-electron chi connectivity index (χ2n) is 3.56. The van der Waals surface area contributed by atoms with Gasteiger partial charge < -0.3 is 20.6 Å². The second kappa shape index (κ2) is 7.00. The summed E-state index contributed by atoms with van der Waals surface area (Å²) in [7, 11) is 1.57. The van der Waals surface area contributed by atoms with Crippen molar-refractivity contribution in [3.8, 4) is 0 Å². The molecule has 0 aliphatic rings. The average molecular weight is 241 g/mol. The number of ether oxygens (including phenoxy) is 1. The maximum atomic E-state index is 9.12. The smallest absolute Gasteiger partial charge is 0.158 e. The number of aliphatic hydroxyl groups excluding tert-OH is 1. The Morgan fingerprint density at radius 3 is 2.71 bits per heavy atom. The molecule has 0 radical (unpaired) electrons. The van der Waals surface area contributed by atoms with E-state index in [1.54, 1.807) is 13.2 Å². The van der Waals surface area contributed by atoms with E-state index < -0.39 is 0 Å². The van der Waals surface area contributed by atoms with Crippen molar-refractivity contribution >= 4 is 11.6 Å². The Balaban J connectivity index is 2.85.